The van der Waals surface area contributed by atoms with E-state index in [0.717, 1.165) is 37.4 Å². The summed E-state index contributed by atoms with van der Waals surface area (Å²) in [4.78, 5) is 19.8. The summed E-state index contributed by atoms with van der Waals surface area (Å²) in [6.07, 6.45) is 4.95. The molecule has 1 saturated heterocycles. The third kappa shape index (κ3) is 2.61. The molecule has 0 amide bonds. The number of carbonyl (C=O) groups is 1. The molecule has 2 atom stereocenters. The van der Waals surface area contributed by atoms with Crippen molar-refractivity contribution in [3.05, 3.63) is 16.1 Å². The van der Waals surface area contributed by atoms with Crippen LogP contribution in [0.15, 0.2) is 6.20 Å². The second kappa shape index (κ2) is 5.06. The van der Waals surface area contributed by atoms with E-state index < -0.39 is 11.4 Å². The molecule has 1 N–H and O–H groups in total. The second-order valence-corrected chi connectivity index (χ2v) is 8.70. The molecule has 21 heavy (non-hydrogen) atoms. The standard InChI is InChI=1S/C16H24N2O2S/c1-15(2,3)12-7-17-13(21-12)9-18-8-11-5-4-6-16(11,10-18)14(19)20/h7,11H,4-6,8-10H2,1-3H3,(H,19,20)/t11-,16+/m0/s1. The molecule has 0 aromatic carbocycles. The minimum Gasteiger partial charge on any atom is -0.481 e. The fraction of sp³-hybridized carbons (Fsp3) is 0.750. The maximum atomic E-state index is 11.7. The fourth-order valence-corrected chi connectivity index (χ4v) is 4.80. The third-order valence-electron chi connectivity index (χ3n) is 5.02. The average Bonchev–Trinajstić information content (AvgIpc) is 3.01. The Kier molecular flexibility index (Phi) is 3.61. The van der Waals surface area contributed by atoms with Gasteiger partial charge in [-0.05, 0) is 24.2 Å². The highest BCUT2D eigenvalue weighted by Gasteiger charge is 2.54. The van der Waals surface area contributed by atoms with E-state index in [1.807, 2.05) is 6.20 Å². The van der Waals surface area contributed by atoms with Crippen LogP contribution >= 0.6 is 11.3 Å². The van der Waals surface area contributed by atoms with Crippen LogP contribution in [0, 0.1) is 11.3 Å². The number of thiazole rings is 1. The largest absolute Gasteiger partial charge is 0.481 e. The highest BCUT2D eigenvalue weighted by molar-refractivity contribution is 7.11. The Bertz CT molecular complexity index is 549. The van der Waals surface area contributed by atoms with Crippen LogP contribution in [0.5, 0.6) is 0 Å². The van der Waals surface area contributed by atoms with Gasteiger partial charge in [0.25, 0.3) is 0 Å². The molecule has 2 fully saturated rings. The molecular formula is C16H24N2O2S. The molecule has 3 rings (SSSR count). The molecule has 4 nitrogen and oxygen atoms in total. The molecule has 5 heteroatoms. The van der Waals surface area contributed by atoms with Crippen molar-refractivity contribution >= 4 is 17.3 Å². The molecule has 0 radical (unpaired) electrons. The maximum Gasteiger partial charge on any atom is 0.311 e. The summed E-state index contributed by atoms with van der Waals surface area (Å²) in [5.74, 6) is -0.265. The van der Waals surface area contributed by atoms with Gasteiger partial charge in [-0.1, -0.05) is 27.2 Å². The molecule has 1 aliphatic heterocycles. The summed E-state index contributed by atoms with van der Waals surface area (Å²) < 4.78 is 0. The Morgan fingerprint density at radius 2 is 2.33 bits per heavy atom. The van der Waals surface area contributed by atoms with Crippen LogP contribution in [0.4, 0.5) is 0 Å². The second-order valence-electron chi connectivity index (χ2n) is 7.59. The van der Waals surface area contributed by atoms with Crippen LogP contribution < -0.4 is 0 Å². The number of carboxylic acid groups (broad SMARTS) is 1. The number of rotatable bonds is 3. The van der Waals surface area contributed by atoms with Crippen LogP contribution in [0.2, 0.25) is 0 Å². The number of fused-ring (bicyclic) bond motifs is 1. The molecule has 0 spiro atoms. The first-order chi connectivity index (χ1) is 9.81. The first-order valence-corrected chi connectivity index (χ1v) is 8.54. The van der Waals surface area contributed by atoms with E-state index in [-0.39, 0.29) is 5.41 Å². The average molecular weight is 308 g/mol. The van der Waals surface area contributed by atoms with Crippen molar-refractivity contribution < 1.29 is 9.90 Å². The monoisotopic (exact) mass is 308 g/mol. The van der Waals surface area contributed by atoms with Crippen LogP contribution in [-0.2, 0) is 16.8 Å². The van der Waals surface area contributed by atoms with Gasteiger partial charge in [0.2, 0.25) is 0 Å². The lowest BCUT2D eigenvalue weighted by Crippen LogP contribution is -2.35. The third-order valence-corrected chi connectivity index (χ3v) is 6.43. The van der Waals surface area contributed by atoms with Crippen molar-refractivity contribution in [2.75, 3.05) is 13.1 Å². The van der Waals surface area contributed by atoms with Crippen molar-refractivity contribution in [2.45, 2.75) is 52.0 Å². The van der Waals surface area contributed by atoms with Gasteiger partial charge in [-0.15, -0.1) is 11.3 Å². The predicted molar refractivity (Wildman–Crippen MR) is 83.5 cm³/mol. The van der Waals surface area contributed by atoms with Crippen LogP contribution in [-0.4, -0.2) is 34.0 Å². The first-order valence-electron chi connectivity index (χ1n) is 7.72. The summed E-state index contributed by atoms with van der Waals surface area (Å²) in [7, 11) is 0. The molecule has 0 bridgehead atoms. The molecule has 1 saturated carbocycles. The van der Waals surface area contributed by atoms with Crippen molar-refractivity contribution in [3.63, 3.8) is 0 Å². The minimum absolute atomic E-state index is 0.139. The predicted octanol–water partition coefficient (Wildman–Crippen LogP) is 3.13. The molecule has 1 aromatic rings. The quantitative estimate of drug-likeness (QED) is 0.932. The van der Waals surface area contributed by atoms with Crippen molar-refractivity contribution in [1.29, 1.82) is 0 Å². The van der Waals surface area contributed by atoms with E-state index >= 15 is 0 Å². The Hall–Kier alpha value is -0.940. The van der Waals surface area contributed by atoms with E-state index in [0.29, 0.717) is 12.5 Å². The summed E-state index contributed by atoms with van der Waals surface area (Å²) in [5, 5.41) is 10.7. The van der Waals surface area contributed by atoms with E-state index in [2.05, 4.69) is 30.7 Å². The van der Waals surface area contributed by atoms with Gasteiger partial charge < -0.3 is 5.11 Å². The van der Waals surface area contributed by atoms with Gasteiger partial charge in [-0.2, -0.15) is 0 Å². The Morgan fingerprint density at radius 1 is 1.57 bits per heavy atom. The topological polar surface area (TPSA) is 53.4 Å². The van der Waals surface area contributed by atoms with Gasteiger partial charge in [0.05, 0.1) is 12.0 Å². The lowest BCUT2D eigenvalue weighted by molar-refractivity contribution is -0.149. The van der Waals surface area contributed by atoms with Gasteiger partial charge >= 0.3 is 5.97 Å². The Morgan fingerprint density at radius 3 is 2.90 bits per heavy atom. The van der Waals surface area contributed by atoms with Crippen LogP contribution in [0.25, 0.3) is 0 Å². The molecule has 2 heterocycles. The van der Waals surface area contributed by atoms with Crippen LogP contribution in [0.3, 0.4) is 0 Å². The highest BCUT2D eigenvalue weighted by Crippen LogP contribution is 2.49. The summed E-state index contributed by atoms with van der Waals surface area (Å²) in [6.45, 7) is 9.00. The van der Waals surface area contributed by atoms with Crippen molar-refractivity contribution in [2.24, 2.45) is 11.3 Å². The fourth-order valence-electron chi connectivity index (χ4n) is 3.78. The number of carboxylic acids is 1. The van der Waals surface area contributed by atoms with Gasteiger partial charge in [-0.25, -0.2) is 4.98 Å². The zero-order chi connectivity index (χ0) is 15.3. The van der Waals surface area contributed by atoms with Crippen molar-refractivity contribution in [1.82, 2.24) is 9.88 Å². The molecule has 1 aliphatic carbocycles. The number of likely N-dealkylation sites (tertiary alicyclic amines) is 1. The zero-order valence-electron chi connectivity index (χ0n) is 13.1. The van der Waals surface area contributed by atoms with E-state index in [1.54, 1.807) is 11.3 Å². The number of nitrogens with zero attached hydrogens (tertiary/aromatic N) is 2. The van der Waals surface area contributed by atoms with E-state index in [4.69, 9.17) is 0 Å². The first kappa shape index (κ1) is 15.0. The summed E-state index contributed by atoms with van der Waals surface area (Å²) in [5.41, 5.74) is -0.343. The molecule has 2 aliphatic rings. The Labute approximate surface area is 130 Å². The van der Waals surface area contributed by atoms with Crippen LogP contribution in [0.1, 0.15) is 49.9 Å². The van der Waals surface area contributed by atoms with E-state index in [9.17, 15) is 9.90 Å². The summed E-state index contributed by atoms with van der Waals surface area (Å²) in [6, 6.07) is 0. The normalized spacial score (nSPS) is 29.8. The molecule has 0 unspecified atom stereocenters. The highest BCUT2D eigenvalue weighted by atomic mass is 32.1. The number of aliphatic carboxylic acids is 1. The van der Waals surface area contributed by atoms with Gasteiger partial charge in [0.15, 0.2) is 0 Å². The number of hydrogen-bond donors (Lipinski definition) is 1. The number of aromatic nitrogens is 1. The van der Waals surface area contributed by atoms with Gasteiger partial charge in [0, 0.05) is 24.2 Å². The SMILES string of the molecule is CC(C)(C)c1cnc(CN2C[C@@H]3CCC[C@@]3(C(=O)O)C2)s1. The molecular weight excluding hydrogens is 284 g/mol. The smallest absolute Gasteiger partial charge is 0.311 e. The van der Waals surface area contributed by atoms with E-state index in [1.165, 1.54) is 4.88 Å². The lowest BCUT2D eigenvalue weighted by atomic mass is 9.81. The minimum atomic E-state index is -0.595. The van der Waals surface area contributed by atoms with Crippen molar-refractivity contribution in [3.8, 4) is 0 Å². The van der Waals surface area contributed by atoms with Gasteiger partial charge in [0.1, 0.15) is 5.01 Å². The Balaban J connectivity index is 1.70. The number of hydrogen-bond acceptors (Lipinski definition) is 4. The lowest BCUT2D eigenvalue weighted by Gasteiger charge is -2.23. The zero-order valence-corrected chi connectivity index (χ0v) is 13.9. The molecule has 1 aromatic heterocycles. The van der Waals surface area contributed by atoms with Gasteiger partial charge in [-0.3, -0.25) is 9.69 Å². The summed E-state index contributed by atoms with van der Waals surface area (Å²) >= 11 is 1.76. The maximum absolute atomic E-state index is 11.7. The molecule has 116 valence electrons.